The Morgan fingerprint density at radius 2 is 1.79 bits per heavy atom. The van der Waals surface area contributed by atoms with Crippen molar-refractivity contribution in [2.45, 2.75) is 25.7 Å². The quantitative estimate of drug-likeness (QED) is 0.346. The van der Waals surface area contributed by atoms with Crippen LogP contribution >= 0.6 is 0 Å². The number of hydrogen-bond acceptors (Lipinski definition) is 5. The van der Waals surface area contributed by atoms with Gasteiger partial charge in [0.2, 0.25) is 0 Å². The fourth-order valence-electron chi connectivity index (χ4n) is 4.83. The third kappa shape index (κ3) is 5.00. The zero-order chi connectivity index (χ0) is 26.6. The van der Waals surface area contributed by atoms with Crippen LogP contribution in [-0.4, -0.2) is 52.3 Å². The van der Waals surface area contributed by atoms with Crippen LogP contribution < -0.4 is 5.32 Å². The monoisotopic (exact) mass is 514 g/mol. The van der Waals surface area contributed by atoms with Crippen molar-refractivity contribution >= 4 is 34.4 Å². The second-order valence-electron chi connectivity index (χ2n) is 9.13. The minimum atomic E-state index is -0.913. The molecule has 2 aromatic heterocycles. The minimum absolute atomic E-state index is 0.0639. The first-order valence-corrected chi connectivity index (χ1v) is 12.5. The summed E-state index contributed by atoms with van der Waals surface area (Å²) in [5, 5.41) is 3.51. The van der Waals surface area contributed by atoms with Gasteiger partial charge in [0.15, 0.2) is 0 Å². The molecule has 2 N–H and O–H groups in total. The van der Waals surface area contributed by atoms with Gasteiger partial charge in [-0.25, -0.2) is 9.18 Å². The molecule has 9 heteroatoms. The van der Waals surface area contributed by atoms with Crippen molar-refractivity contribution in [2.24, 2.45) is 0 Å². The number of fused-ring (bicyclic) bond motifs is 1. The smallest absolute Gasteiger partial charge is 0.341 e. The summed E-state index contributed by atoms with van der Waals surface area (Å²) in [6, 6.07) is 15.2. The van der Waals surface area contributed by atoms with Gasteiger partial charge in [-0.05, 0) is 67.6 Å². The third-order valence-corrected chi connectivity index (χ3v) is 6.84. The highest BCUT2D eigenvalue weighted by Crippen LogP contribution is 2.30. The minimum Gasteiger partial charge on any atom is -0.462 e. The first kappa shape index (κ1) is 25.1. The number of benzene rings is 2. The molecule has 0 atom stereocenters. The Balaban J connectivity index is 1.20. The van der Waals surface area contributed by atoms with Gasteiger partial charge >= 0.3 is 5.97 Å². The van der Waals surface area contributed by atoms with Crippen molar-refractivity contribution in [3.8, 4) is 0 Å². The number of carbonyl (C=O) groups is 3. The molecule has 4 aromatic rings. The number of piperidine rings is 1. The summed E-state index contributed by atoms with van der Waals surface area (Å²) in [7, 11) is 0. The van der Waals surface area contributed by atoms with E-state index in [4.69, 9.17) is 4.74 Å². The number of likely N-dealkylation sites (tertiary alicyclic amines) is 1. The van der Waals surface area contributed by atoms with Crippen molar-refractivity contribution in [3.63, 3.8) is 0 Å². The van der Waals surface area contributed by atoms with Crippen LogP contribution in [-0.2, 0) is 4.74 Å². The predicted octanol–water partition coefficient (Wildman–Crippen LogP) is 5.15. The number of halogens is 1. The maximum atomic E-state index is 14.8. The molecule has 0 spiro atoms. The Kier molecular flexibility index (Phi) is 7.17. The molecule has 1 aliphatic rings. The highest BCUT2D eigenvalue weighted by molar-refractivity contribution is 6.06. The second kappa shape index (κ2) is 10.8. The average Bonchev–Trinajstić information content (AvgIpc) is 3.43. The number of esters is 1. The van der Waals surface area contributed by atoms with E-state index in [9.17, 15) is 18.8 Å². The van der Waals surface area contributed by atoms with E-state index in [0.717, 1.165) is 29.3 Å². The number of H-pyrrole nitrogens is 1. The van der Waals surface area contributed by atoms with Gasteiger partial charge in [0.1, 0.15) is 11.5 Å². The number of aromatic amines is 1. The number of nitrogens with zero attached hydrogens (tertiary/aromatic N) is 2. The lowest BCUT2D eigenvalue weighted by atomic mass is 9.89. The first-order valence-electron chi connectivity index (χ1n) is 12.5. The van der Waals surface area contributed by atoms with Crippen molar-refractivity contribution in [2.75, 3.05) is 25.0 Å². The van der Waals surface area contributed by atoms with E-state index >= 15 is 0 Å². The summed E-state index contributed by atoms with van der Waals surface area (Å²) in [6.45, 7) is 2.99. The number of anilines is 1. The summed E-state index contributed by atoms with van der Waals surface area (Å²) in [4.78, 5) is 47.0. The van der Waals surface area contributed by atoms with Gasteiger partial charge in [-0.2, -0.15) is 0 Å². The first-order chi connectivity index (χ1) is 18.5. The zero-order valence-electron chi connectivity index (χ0n) is 20.9. The molecule has 8 nitrogen and oxygen atoms in total. The standard InChI is InChI=1S/C29H27FN4O4/c1-2-38-29(37)23-5-3-4-22(25(23)30)27(35)33-20-8-6-18(7-9-20)19-12-16-34(17-13-19)28(36)26-21-10-14-31-24(21)11-15-32-26/h3-11,14-15,19,31H,2,12-13,16-17H2,1H3,(H,33,35). The normalized spacial score (nSPS) is 13.9. The number of rotatable bonds is 6. The number of pyridine rings is 1. The van der Waals surface area contributed by atoms with Gasteiger partial charge in [-0.1, -0.05) is 18.2 Å². The fraction of sp³-hybridized carbons (Fsp3) is 0.241. The Morgan fingerprint density at radius 1 is 1.05 bits per heavy atom. The van der Waals surface area contributed by atoms with Crippen molar-refractivity contribution in [1.82, 2.24) is 14.9 Å². The van der Waals surface area contributed by atoms with Gasteiger partial charge in [0.05, 0.1) is 17.7 Å². The molecule has 1 aliphatic heterocycles. The van der Waals surface area contributed by atoms with Crippen LogP contribution in [0.2, 0.25) is 0 Å². The molecule has 5 rings (SSSR count). The van der Waals surface area contributed by atoms with E-state index < -0.39 is 17.7 Å². The number of nitrogens with one attached hydrogen (secondary N) is 2. The van der Waals surface area contributed by atoms with E-state index in [-0.39, 0.29) is 29.6 Å². The van der Waals surface area contributed by atoms with Crippen LogP contribution in [0.15, 0.2) is 67.0 Å². The summed E-state index contributed by atoms with van der Waals surface area (Å²) in [5.41, 5.74) is 2.46. The van der Waals surface area contributed by atoms with Gasteiger partial charge < -0.3 is 19.9 Å². The van der Waals surface area contributed by atoms with Crippen LogP contribution in [0.1, 0.15) is 62.5 Å². The van der Waals surface area contributed by atoms with Crippen molar-refractivity contribution < 1.29 is 23.5 Å². The van der Waals surface area contributed by atoms with E-state index in [1.165, 1.54) is 18.2 Å². The zero-order valence-corrected chi connectivity index (χ0v) is 20.9. The Morgan fingerprint density at radius 3 is 2.53 bits per heavy atom. The van der Waals surface area contributed by atoms with Crippen molar-refractivity contribution in [3.05, 3.63) is 95.2 Å². The molecular formula is C29H27FN4O4. The lowest BCUT2D eigenvalue weighted by molar-refractivity contribution is 0.0520. The highest BCUT2D eigenvalue weighted by Gasteiger charge is 2.26. The number of ether oxygens (including phenoxy) is 1. The number of aromatic nitrogens is 2. The molecule has 194 valence electrons. The SMILES string of the molecule is CCOC(=O)c1cccc(C(=O)Nc2ccc(C3CCN(C(=O)c4nccc5[nH]ccc45)CC3)cc2)c1F. The van der Waals surface area contributed by atoms with Crippen LogP contribution in [0.5, 0.6) is 0 Å². The summed E-state index contributed by atoms with van der Waals surface area (Å²) in [6.07, 6.45) is 5.07. The predicted molar refractivity (Wildman–Crippen MR) is 141 cm³/mol. The number of amides is 2. The van der Waals surface area contributed by atoms with E-state index in [0.29, 0.717) is 24.5 Å². The van der Waals surface area contributed by atoms with Crippen LogP contribution in [0.3, 0.4) is 0 Å². The molecule has 0 radical (unpaired) electrons. The molecular weight excluding hydrogens is 487 g/mol. The van der Waals surface area contributed by atoms with Gasteiger partial charge in [-0.15, -0.1) is 0 Å². The van der Waals surface area contributed by atoms with Crippen LogP contribution in [0, 0.1) is 5.82 Å². The summed E-state index contributed by atoms with van der Waals surface area (Å²) >= 11 is 0. The topological polar surface area (TPSA) is 104 Å². The molecule has 38 heavy (non-hydrogen) atoms. The van der Waals surface area contributed by atoms with E-state index in [1.807, 2.05) is 29.2 Å². The van der Waals surface area contributed by atoms with Gasteiger partial charge in [0, 0.05) is 42.1 Å². The van der Waals surface area contributed by atoms with Crippen molar-refractivity contribution in [1.29, 1.82) is 0 Å². The molecule has 0 bridgehead atoms. The Bertz CT molecular complexity index is 1490. The third-order valence-electron chi connectivity index (χ3n) is 6.84. The maximum absolute atomic E-state index is 14.8. The Hall–Kier alpha value is -4.53. The molecule has 3 heterocycles. The molecule has 0 saturated carbocycles. The van der Waals surface area contributed by atoms with Gasteiger partial charge in [-0.3, -0.25) is 14.6 Å². The second-order valence-corrected chi connectivity index (χ2v) is 9.13. The van der Waals surface area contributed by atoms with E-state index in [2.05, 4.69) is 15.3 Å². The lowest BCUT2D eigenvalue weighted by Crippen LogP contribution is -2.38. The average molecular weight is 515 g/mol. The highest BCUT2D eigenvalue weighted by atomic mass is 19.1. The fourth-order valence-corrected chi connectivity index (χ4v) is 4.83. The summed E-state index contributed by atoms with van der Waals surface area (Å²) in [5.74, 6) is -2.16. The maximum Gasteiger partial charge on any atom is 0.341 e. The lowest BCUT2D eigenvalue weighted by Gasteiger charge is -2.32. The molecule has 2 aromatic carbocycles. The molecule has 1 fully saturated rings. The largest absolute Gasteiger partial charge is 0.462 e. The molecule has 0 aliphatic carbocycles. The molecule has 2 amide bonds. The number of hydrogen-bond donors (Lipinski definition) is 2. The Labute approximate surface area is 218 Å². The van der Waals surface area contributed by atoms with Gasteiger partial charge in [0.25, 0.3) is 11.8 Å². The van der Waals surface area contributed by atoms with Crippen LogP contribution in [0.4, 0.5) is 10.1 Å². The summed E-state index contributed by atoms with van der Waals surface area (Å²) < 4.78 is 19.6. The van der Waals surface area contributed by atoms with E-state index in [1.54, 1.807) is 31.5 Å². The number of carbonyl (C=O) groups excluding carboxylic acids is 3. The van der Waals surface area contributed by atoms with Crippen LogP contribution in [0.25, 0.3) is 10.9 Å². The molecule has 0 unspecified atom stereocenters. The molecule has 1 saturated heterocycles.